The third-order valence-corrected chi connectivity index (χ3v) is 8.10. The molecule has 4 nitrogen and oxygen atoms in total. The van der Waals surface area contributed by atoms with Crippen LogP contribution < -0.4 is 9.64 Å². The molecule has 0 N–H and O–H groups in total. The van der Waals surface area contributed by atoms with Crippen molar-refractivity contribution in [3.63, 3.8) is 0 Å². The van der Waals surface area contributed by atoms with Crippen LogP contribution in [0.15, 0.2) is 72.8 Å². The number of ether oxygens (including phenoxy) is 1. The van der Waals surface area contributed by atoms with Crippen molar-refractivity contribution in [2.45, 2.75) is 51.7 Å². The highest BCUT2D eigenvalue weighted by Crippen LogP contribution is 2.26. The van der Waals surface area contributed by atoms with Gasteiger partial charge in [0.05, 0.1) is 6.61 Å². The Morgan fingerprint density at radius 2 is 1.51 bits per heavy atom. The molecule has 0 atom stereocenters. The molecule has 0 unspecified atom stereocenters. The molecule has 37 heavy (non-hydrogen) atoms. The fourth-order valence-corrected chi connectivity index (χ4v) is 5.81. The Morgan fingerprint density at radius 1 is 0.784 bits per heavy atom. The van der Waals surface area contributed by atoms with Gasteiger partial charge >= 0.3 is 0 Å². The molecule has 3 aromatic carbocycles. The van der Waals surface area contributed by atoms with Crippen molar-refractivity contribution in [2.24, 2.45) is 5.92 Å². The lowest BCUT2D eigenvalue weighted by Gasteiger charge is -2.32. The molecule has 0 saturated carbocycles. The minimum Gasteiger partial charge on any atom is -0.494 e. The Bertz CT molecular complexity index is 1100. The van der Waals surface area contributed by atoms with Gasteiger partial charge in [-0.05, 0) is 104 Å². The maximum absolute atomic E-state index is 6.29. The average molecular weight is 498 g/mol. The van der Waals surface area contributed by atoms with Gasteiger partial charge in [0.15, 0.2) is 0 Å². The Morgan fingerprint density at radius 3 is 2.27 bits per heavy atom. The first kappa shape index (κ1) is 25.8. The van der Waals surface area contributed by atoms with Gasteiger partial charge in [-0.2, -0.15) is 0 Å². The summed E-state index contributed by atoms with van der Waals surface area (Å²) in [6, 6.07) is 26.6. The maximum atomic E-state index is 6.29. The SMILES string of the molecule is CN(C)c1ccc(CN2CCC(CCOc3ccc4c(c3)CN(Cc3ccccc3)CCC4)CC2)cc1. The number of nitrogens with zero attached hydrogens (tertiary/aromatic N) is 3. The summed E-state index contributed by atoms with van der Waals surface area (Å²) in [6.07, 6.45) is 6.09. The molecular formula is C33H43N3O. The van der Waals surface area contributed by atoms with Gasteiger partial charge in [-0.25, -0.2) is 0 Å². The summed E-state index contributed by atoms with van der Waals surface area (Å²) in [7, 11) is 4.19. The van der Waals surface area contributed by atoms with Crippen molar-refractivity contribution >= 4 is 5.69 Å². The molecule has 0 radical (unpaired) electrons. The highest BCUT2D eigenvalue weighted by molar-refractivity contribution is 5.46. The zero-order valence-electron chi connectivity index (χ0n) is 22.7. The first-order valence-corrected chi connectivity index (χ1v) is 14.1. The third-order valence-electron chi connectivity index (χ3n) is 8.10. The highest BCUT2D eigenvalue weighted by Gasteiger charge is 2.20. The van der Waals surface area contributed by atoms with Crippen molar-refractivity contribution in [3.8, 4) is 5.75 Å². The second-order valence-electron chi connectivity index (χ2n) is 11.1. The summed E-state index contributed by atoms with van der Waals surface area (Å²) < 4.78 is 6.29. The number of rotatable bonds is 9. The minimum absolute atomic E-state index is 0.773. The summed E-state index contributed by atoms with van der Waals surface area (Å²) in [6.45, 7) is 7.45. The van der Waals surface area contributed by atoms with E-state index < -0.39 is 0 Å². The summed E-state index contributed by atoms with van der Waals surface area (Å²) in [5.41, 5.74) is 7.01. The van der Waals surface area contributed by atoms with Gasteiger partial charge in [-0.1, -0.05) is 48.5 Å². The molecular weight excluding hydrogens is 454 g/mol. The van der Waals surface area contributed by atoms with E-state index in [-0.39, 0.29) is 0 Å². The number of benzene rings is 3. The number of hydrogen-bond donors (Lipinski definition) is 0. The molecule has 196 valence electrons. The molecule has 3 aromatic rings. The molecule has 5 rings (SSSR count). The molecule has 0 bridgehead atoms. The Balaban J connectivity index is 1.06. The van der Waals surface area contributed by atoms with E-state index in [1.165, 1.54) is 66.7 Å². The number of hydrogen-bond acceptors (Lipinski definition) is 4. The number of fused-ring (bicyclic) bond motifs is 1. The first-order chi connectivity index (χ1) is 18.1. The molecule has 0 amide bonds. The zero-order valence-corrected chi connectivity index (χ0v) is 22.7. The lowest BCUT2D eigenvalue weighted by molar-refractivity contribution is 0.157. The van der Waals surface area contributed by atoms with Crippen LogP contribution in [0.4, 0.5) is 5.69 Å². The van der Waals surface area contributed by atoms with Crippen LogP contribution in [-0.4, -0.2) is 50.1 Å². The first-order valence-electron chi connectivity index (χ1n) is 14.1. The maximum Gasteiger partial charge on any atom is 0.119 e. The number of likely N-dealkylation sites (tertiary alicyclic amines) is 1. The summed E-state index contributed by atoms with van der Waals surface area (Å²) in [5, 5.41) is 0. The van der Waals surface area contributed by atoms with Gasteiger partial charge in [0.1, 0.15) is 5.75 Å². The highest BCUT2D eigenvalue weighted by atomic mass is 16.5. The zero-order chi connectivity index (χ0) is 25.5. The van der Waals surface area contributed by atoms with Crippen LogP contribution in [0.5, 0.6) is 5.75 Å². The van der Waals surface area contributed by atoms with Crippen LogP contribution in [0.25, 0.3) is 0 Å². The number of aryl methyl sites for hydroxylation is 1. The largest absolute Gasteiger partial charge is 0.494 e. The van der Waals surface area contributed by atoms with Crippen molar-refractivity contribution in [3.05, 3.63) is 95.1 Å². The Hall–Kier alpha value is -2.82. The number of anilines is 1. The summed E-state index contributed by atoms with van der Waals surface area (Å²) >= 11 is 0. The summed E-state index contributed by atoms with van der Waals surface area (Å²) in [5.74, 6) is 1.81. The van der Waals surface area contributed by atoms with E-state index in [4.69, 9.17) is 4.74 Å². The predicted octanol–water partition coefficient (Wildman–Crippen LogP) is 6.38. The average Bonchev–Trinajstić information content (AvgIpc) is 3.12. The second kappa shape index (κ2) is 12.6. The van der Waals surface area contributed by atoms with Crippen LogP contribution in [0.3, 0.4) is 0 Å². The van der Waals surface area contributed by atoms with Crippen molar-refractivity contribution in [2.75, 3.05) is 45.2 Å². The van der Waals surface area contributed by atoms with Gasteiger partial charge in [-0.15, -0.1) is 0 Å². The van der Waals surface area contributed by atoms with E-state index in [1.54, 1.807) is 0 Å². The molecule has 1 saturated heterocycles. The van der Waals surface area contributed by atoms with Crippen LogP contribution >= 0.6 is 0 Å². The van der Waals surface area contributed by atoms with E-state index in [0.29, 0.717) is 0 Å². The molecule has 4 heteroatoms. The lowest BCUT2D eigenvalue weighted by Crippen LogP contribution is -2.33. The Kier molecular flexibility index (Phi) is 8.80. The van der Waals surface area contributed by atoms with E-state index >= 15 is 0 Å². The molecule has 0 spiro atoms. The van der Waals surface area contributed by atoms with Gasteiger partial charge in [-0.3, -0.25) is 9.80 Å². The Labute approximate surface area is 223 Å². The van der Waals surface area contributed by atoms with Crippen molar-refractivity contribution < 1.29 is 4.74 Å². The predicted molar refractivity (Wildman–Crippen MR) is 154 cm³/mol. The minimum atomic E-state index is 0.773. The topological polar surface area (TPSA) is 19.0 Å². The van der Waals surface area contributed by atoms with Gasteiger partial charge in [0.2, 0.25) is 0 Å². The van der Waals surface area contributed by atoms with Crippen molar-refractivity contribution in [1.29, 1.82) is 0 Å². The second-order valence-corrected chi connectivity index (χ2v) is 11.1. The fraction of sp³-hybridized carbons (Fsp3) is 0.455. The smallest absolute Gasteiger partial charge is 0.119 e. The molecule has 2 aliphatic heterocycles. The molecule has 2 heterocycles. The van der Waals surface area contributed by atoms with Crippen LogP contribution in [0.1, 0.15) is 47.9 Å². The lowest BCUT2D eigenvalue weighted by atomic mass is 9.93. The van der Waals surface area contributed by atoms with E-state index in [0.717, 1.165) is 50.9 Å². The van der Waals surface area contributed by atoms with E-state index in [9.17, 15) is 0 Å². The monoisotopic (exact) mass is 497 g/mol. The van der Waals surface area contributed by atoms with Crippen molar-refractivity contribution in [1.82, 2.24) is 9.80 Å². The third kappa shape index (κ3) is 7.37. The van der Waals surface area contributed by atoms with Crippen LogP contribution in [0, 0.1) is 5.92 Å². The van der Waals surface area contributed by atoms with Crippen LogP contribution in [-0.2, 0) is 26.1 Å². The van der Waals surface area contributed by atoms with E-state index in [1.807, 2.05) is 0 Å². The molecule has 0 aliphatic carbocycles. The quantitative estimate of drug-likeness (QED) is 0.341. The van der Waals surface area contributed by atoms with Gasteiger partial charge in [0, 0.05) is 39.4 Å². The van der Waals surface area contributed by atoms with Crippen LogP contribution in [0.2, 0.25) is 0 Å². The molecule has 0 aromatic heterocycles. The van der Waals surface area contributed by atoms with Gasteiger partial charge < -0.3 is 9.64 Å². The fourth-order valence-electron chi connectivity index (χ4n) is 5.81. The normalized spacial score (nSPS) is 17.2. The van der Waals surface area contributed by atoms with Gasteiger partial charge in [0.25, 0.3) is 0 Å². The van der Waals surface area contributed by atoms with E-state index in [2.05, 4.69) is 102 Å². The summed E-state index contributed by atoms with van der Waals surface area (Å²) in [4.78, 5) is 7.34. The standard InChI is InChI=1S/C33H43N3O/c1-34(2)32-13-10-29(11-14-32)24-35-20-16-27(17-21-35)18-22-37-33-15-12-30-9-6-19-36(26-31(30)23-33)25-28-7-4-3-5-8-28/h3-5,7-8,10-15,23,27H,6,9,16-22,24-26H2,1-2H3. The molecule has 2 aliphatic rings. The number of piperidine rings is 1. The molecule has 1 fully saturated rings.